The minimum absolute atomic E-state index is 0.199. The molecule has 0 fully saturated rings. The molecule has 0 saturated carbocycles. The number of rotatable bonds is 6. The number of carboxylic acid groups (broad SMARTS) is 1. The molecule has 4 aromatic rings. The van der Waals surface area contributed by atoms with Crippen LogP contribution < -0.4 is 14.9 Å². The first-order valence-corrected chi connectivity index (χ1v) is 12.8. The fourth-order valence-electron chi connectivity index (χ4n) is 4.59. The summed E-state index contributed by atoms with van der Waals surface area (Å²) in [6.45, 7) is 3.73. The highest BCUT2D eigenvalue weighted by Gasteiger charge is 2.33. The number of fused-ring (bicyclic) bond motifs is 1. The Hall–Kier alpha value is -4.50. The van der Waals surface area contributed by atoms with Crippen molar-refractivity contribution < 1.29 is 23.8 Å². The number of esters is 1. The zero-order valence-corrected chi connectivity index (χ0v) is 21.7. The van der Waals surface area contributed by atoms with Gasteiger partial charge in [-0.1, -0.05) is 54.7 Å². The van der Waals surface area contributed by atoms with E-state index < -0.39 is 18.0 Å². The maximum absolute atomic E-state index is 13.7. The molecule has 38 heavy (non-hydrogen) atoms. The molecule has 3 heterocycles. The van der Waals surface area contributed by atoms with E-state index in [2.05, 4.69) is 4.99 Å². The molecule has 0 amide bonds. The number of thiazole rings is 1. The molecular weight excluding hydrogens is 504 g/mol. The maximum Gasteiger partial charge on any atom is 0.338 e. The van der Waals surface area contributed by atoms with Crippen LogP contribution in [0.1, 0.15) is 46.6 Å². The van der Waals surface area contributed by atoms with Crippen molar-refractivity contribution in [2.24, 2.45) is 4.99 Å². The van der Waals surface area contributed by atoms with E-state index in [4.69, 9.17) is 9.15 Å². The summed E-state index contributed by atoms with van der Waals surface area (Å²) in [4.78, 5) is 43.0. The van der Waals surface area contributed by atoms with E-state index in [1.807, 2.05) is 44.2 Å². The summed E-state index contributed by atoms with van der Waals surface area (Å²) in [6.07, 6.45) is 2.16. The number of hydrogen-bond donors (Lipinski definition) is 1. The van der Waals surface area contributed by atoms with Crippen molar-refractivity contribution in [1.82, 2.24) is 4.57 Å². The highest BCUT2D eigenvalue weighted by molar-refractivity contribution is 7.07. The Morgan fingerprint density at radius 3 is 2.58 bits per heavy atom. The van der Waals surface area contributed by atoms with Gasteiger partial charge in [-0.3, -0.25) is 9.36 Å². The molecule has 2 aromatic heterocycles. The van der Waals surface area contributed by atoms with Crippen LogP contribution in [0.15, 0.2) is 86.1 Å². The molecule has 0 bridgehead atoms. The van der Waals surface area contributed by atoms with Crippen molar-refractivity contribution >= 4 is 29.4 Å². The van der Waals surface area contributed by atoms with Crippen LogP contribution in [-0.4, -0.2) is 28.7 Å². The van der Waals surface area contributed by atoms with Gasteiger partial charge in [0.05, 0.1) is 34.5 Å². The Balaban J connectivity index is 1.62. The Kier molecular flexibility index (Phi) is 6.69. The Labute approximate surface area is 221 Å². The number of benzene rings is 2. The highest BCUT2D eigenvalue weighted by Crippen LogP contribution is 2.32. The summed E-state index contributed by atoms with van der Waals surface area (Å²) in [5, 5.41) is 9.22. The van der Waals surface area contributed by atoms with E-state index in [1.54, 1.807) is 30.3 Å². The number of aromatic carboxylic acids is 1. The lowest BCUT2D eigenvalue weighted by Gasteiger charge is -2.25. The molecule has 192 valence electrons. The lowest BCUT2D eigenvalue weighted by Crippen LogP contribution is -2.40. The Morgan fingerprint density at radius 1 is 1.16 bits per heavy atom. The van der Waals surface area contributed by atoms with Crippen LogP contribution in [0.2, 0.25) is 0 Å². The molecule has 0 saturated heterocycles. The molecular formula is C29H24N2O6S. The zero-order valence-electron chi connectivity index (χ0n) is 20.9. The summed E-state index contributed by atoms with van der Waals surface area (Å²) < 4.78 is 13.0. The molecule has 1 N–H and O–H groups in total. The van der Waals surface area contributed by atoms with E-state index in [0.717, 1.165) is 16.7 Å². The number of allylic oxidation sites excluding steroid dienone is 1. The smallest absolute Gasteiger partial charge is 0.338 e. The van der Waals surface area contributed by atoms with E-state index in [-0.39, 0.29) is 11.1 Å². The summed E-state index contributed by atoms with van der Waals surface area (Å²) >= 11 is 1.23. The molecule has 0 spiro atoms. The van der Waals surface area contributed by atoms with Gasteiger partial charge in [0, 0.05) is 11.6 Å². The minimum Gasteiger partial charge on any atom is -0.478 e. The van der Waals surface area contributed by atoms with Crippen LogP contribution in [-0.2, 0) is 9.53 Å². The van der Waals surface area contributed by atoms with Crippen LogP contribution in [0.25, 0.3) is 17.4 Å². The summed E-state index contributed by atoms with van der Waals surface area (Å²) in [7, 11) is 1.32. The maximum atomic E-state index is 13.7. The van der Waals surface area contributed by atoms with E-state index >= 15 is 0 Å². The Bertz CT molecular complexity index is 1780. The van der Waals surface area contributed by atoms with Crippen molar-refractivity contribution in [2.45, 2.75) is 26.3 Å². The monoisotopic (exact) mass is 528 g/mol. The van der Waals surface area contributed by atoms with Crippen molar-refractivity contribution in [2.75, 3.05) is 7.11 Å². The van der Waals surface area contributed by atoms with E-state index in [0.29, 0.717) is 38.5 Å². The molecule has 5 rings (SSSR count). The van der Waals surface area contributed by atoms with Gasteiger partial charge in [-0.2, -0.15) is 0 Å². The number of carbonyl (C=O) groups excluding carboxylic acids is 1. The second kappa shape index (κ2) is 10.1. The number of ether oxygens (including phenoxy) is 1. The Morgan fingerprint density at radius 2 is 1.92 bits per heavy atom. The predicted molar refractivity (Wildman–Crippen MR) is 143 cm³/mol. The lowest BCUT2D eigenvalue weighted by atomic mass is 9.95. The number of methoxy groups -OCH3 is 1. The van der Waals surface area contributed by atoms with Crippen molar-refractivity contribution in [3.63, 3.8) is 0 Å². The van der Waals surface area contributed by atoms with Crippen LogP contribution >= 0.6 is 11.3 Å². The number of aromatic nitrogens is 1. The molecule has 1 atom stereocenters. The normalized spacial score (nSPS) is 15.2. The van der Waals surface area contributed by atoms with Gasteiger partial charge in [-0.15, -0.1) is 0 Å². The van der Waals surface area contributed by atoms with E-state index in [1.165, 1.54) is 29.1 Å². The summed E-state index contributed by atoms with van der Waals surface area (Å²) in [5.41, 5.74) is 3.14. The molecule has 9 heteroatoms. The van der Waals surface area contributed by atoms with Gasteiger partial charge in [0.1, 0.15) is 11.5 Å². The van der Waals surface area contributed by atoms with Crippen LogP contribution in [0.5, 0.6) is 0 Å². The molecule has 0 unspecified atom stereocenters. The molecule has 1 aliphatic rings. The SMILES string of the molecule is CCC1=C(C(=O)OC)[C@H](c2ccccc2)n2c(s/c(=C\c3ccc(-c4ccc(C(=O)O)cc4C)o3)c2=O)=N1. The number of aryl methyl sites for hydroxylation is 1. The third kappa shape index (κ3) is 4.41. The molecule has 1 aliphatic heterocycles. The van der Waals surface area contributed by atoms with Gasteiger partial charge in [0.2, 0.25) is 0 Å². The van der Waals surface area contributed by atoms with Gasteiger partial charge in [-0.05, 0) is 48.7 Å². The minimum atomic E-state index is -0.995. The average molecular weight is 529 g/mol. The second-order valence-corrected chi connectivity index (χ2v) is 9.74. The number of nitrogens with zero attached hydrogens (tertiary/aromatic N) is 2. The summed E-state index contributed by atoms with van der Waals surface area (Å²) in [6, 6.07) is 17.0. The van der Waals surface area contributed by atoms with Gasteiger partial charge < -0.3 is 14.3 Å². The summed E-state index contributed by atoms with van der Waals surface area (Å²) in [5.74, 6) is -0.493. The first-order chi connectivity index (χ1) is 18.3. The predicted octanol–water partition coefficient (Wildman–Crippen LogP) is 4.06. The van der Waals surface area contributed by atoms with Gasteiger partial charge in [-0.25, -0.2) is 14.6 Å². The van der Waals surface area contributed by atoms with Crippen LogP contribution in [0.4, 0.5) is 0 Å². The molecule has 0 aliphatic carbocycles. The third-order valence-electron chi connectivity index (χ3n) is 6.40. The van der Waals surface area contributed by atoms with Crippen LogP contribution in [0.3, 0.4) is 0 Å². The standard InChI is InChI=1S/C29H24N2O6S/c1-4-21-24(28(35)36-3)25(17-8-6-5-7-9-17)31-26(32)23(38-29(31)30-21)15-19-11-13-22(37-19)20-12-10-18(27(33)34)14-16(20)2/h5-15,25H,4H2,1-3H3,(H,33,34)/b23-15-/t25-/m0/s1. The number of furan rings is 1. The molecule has 2 aromatic carbocycles. The first kappa shape index (κ1) is 25.2. The van der Waals surface area contributed by atoms with Crippen LogP contribution in [0, 0.1) is 6.92 Å². The third-order valence-corrected chi connectivity index (χ3v) is 7.39. The highest BCUT2D eigenvalue weighted by atomic mass is 32.1. The van der Waals surface area contributed by atoms with E-state index in [9.17, 15) is 19.5 Å². The molecule has 0 radical (unpaired) electrons. The zero-order chi connectivity index (χ0) is 27.0. The van der Waals surface area contributed by atoms with Crippen molar-refractivity contribution in [3.8, 4) is 11.3 Å². The fourth-order valence-corrected chi connectivity index (χ4v) is 5.59. The van der Waals surface area contributed by atoms with Gasteiger partial charge in [0.25, 0.3) is 5.56 Å². The largest absolute Gasteiger partial charge is 0.478 e. The molecule has 8 nitrogen and oxygen atoms in total. The fraction of sp³-hybridized carbons (Fsp3) is 0.172. The van der Waals surface area contributed by atoms with Crippen molar-refractivity contribution in [1.29, 1.82) is 0 Å². The van der Waals surface area contributed by atoms with Crippen molar-refractivity contribution in [3.05, 3.63) is 114 Å². The lowest BCUT2D eigenvalue weighted by molar-refractivity contribution is -0.136. The topological polar surface area (TPSA) is 111 Å². The van der Waals surface area contributed by atoms with Gasteiger partial charge >= 0.3 is 11.9 Å². The number of carboxylic acids is 1. The quantitative estimate of drug-likeness (QED) is 0.378. The second-order valence-electron chi connectivity index (χ2n) is 8.74. The first-order valence-electron chi connectivity index (χ1n) is 11.9. The number of carbonyl (C=O) groups is 2. The average Bonchev–Trinajstić information content (AvgIpc) is 3.51. The number of hydrogen-bond acceptors (Lipinski definition) is 7. The van der Waals surface area contributed by atoms with Gasteiger partial charge in [0.15, 0.2) is 4.80 Å².